The van der Waals surface area contributed by atoms with E-state index in [1.54, 1.807) is 103 Å². The number of pyridine rings is 3. The molecule has 0 aliphatic rings. The third kappa shape index (κ3) is 18.2. The van der Waals surface area contributed by atoms with Gasteiger partial charge in [-0.3, -0.25) is 15.0 Å². The number of hydrogen-bond donors (Lipinski definition) is 3. The molecule has 3 N–H and O–H groups in total. The van der Waals surface area contributed by atoms with Gasteiger partial charge < -0.3 is 30.2 Å². The normalized spacial score (nSPS) is 12.5. The molecule has 2 atom stereocenters. The minimum atomic E-state index is -4.72. The van der Waals surface area contributed by atoms with Crippen molar-refractivity contribution in [1.29, 1.82) is 0 Å². The number of nitrogens with zero attached hydrogens (tertiary/aromatic N) is 15. The molecule has 9 aromatic heterocycles. The van der Waals surface area contributed by atoms with Gasteiger partial charge in [0.2, 0.25) is 17.6 Å². The molecule has 0 amide bonds. The summed E-state index contributed by atoms with van der Waals surface area (Å²) in [4.78, 5) is 13.8. The van der Waals surface area contributed by atoms with E-state index in [0.29, 0.717) is 95.0 Å². The van der Waals surface area contributed by atoms with E-state index in [4.69, 9.17) is 14.2 Å². The number of benzene rings is 6. The predicted octanol–water partition coefficient (Wildman–Crippen LogP) is 14.9. The van der Waals surface area contributed by atoms with E-state index in [1.807, 2.05) is 72.8 Å². The van der Waals surface area contributed by atoms with Crippen molar-refractivity contribution in [1.82, 2.24) is 90.3 Å². The maximum atomic E-state index is 13.4. The number of aromatic nitrogens is 15. The van der Waals surface area contributed by atoms with Crippen LogP contribution in [0.2, 0.25) is 0 Å². The molecule has 108 heavy (non-hydrogen) atoms. The lowest BCUT2D eigenvalue weighted by Gasteiger charge is -2.14. The van der Waals surface area contributed by atoms with Crippen molar-refractivity contribution < 1.29 is 58.1 Å². The predicted molar refractivity (Wildman–Crippen MR) is 380 cm³/mol. The second-order valence-electron chi connectivity index (χ2n) is 25.0. The lowest BCUT2D eigenvalue weighted by molar-refractivity contribution is -0.147. The minimum absolute atomic E-state index is 0.00268. The monoisotopic (exact) mass is 1480 g/mol. The Morgan fingerprint density at radius 3 is 1.14 bits per heavy atom. The number of fused-ring (bicyclic) bond motifs is 9. The summed E-state index contributed by atoms with van der Waals surface area (Å²) >= 11 is 0. The molecule has 0 radical (unpaired) electrons. The van der Waals surface area contributed by atoms with Crippen LogP contribution in [0.25, 0.3) is 49.3 Å². The van der Waals surface area contributed by atoms with Gasteiger partial charge in [-0.1, -0.05) is 153 Å². The summed E-state index contributed by atoms with van der Waals surface area (Å²) in [6.07, 6.45) is -12.5. The van der Waals surface area contributed by atoms with Crippen molar-refractivity contribution in [2.75, 3.05) is 13.1 Å². The molecule has 21 nitrogen and oxygen atoms in total. The van der Waals surface area contributed by atoms with Crippen LogP contribution in [-0.2, 0) is 70.8 Å². The van der Waals surface area contributed by atoms with E-state index in [1.165, 1.54) is 23.3 Å². The van der Waals surface area contributed by atoms with E-state index >= 15 is 0 Å². The maximum Gasteiger partial charge on any atom is 0.453 e. The zero-order valence-corrected chi connectivity index (χ0v) is 57.6. The van der Waals surface area contributed by atoms with Gasteiger partial charge in [-0.05, 0) is 116 Å². The SMILES string of the molecule is CC(CNCc1cccc(COc2nn3c(C(F)(F)F)nnc3c3ccccc23)n1)c1ccccc1.CC(Cc1ccccc1)NCc1cccc(COc2nn3c(C(F)(F)F)nnc3c3ccccc23)n1.Fc1ccc(CCNCc2cccc(COc3nn4c(C(F)(F)F)nnc4c4ccccc34)n2)cc1. The summed E-state index contributed by atoms with van der Waals surface area (Å²) in [5.74, 6) is -3.43. The van der Waals surface area contributed by atoms with Crippen molar-refractivity contribution in [2.24, 2.45) is 0 Å². The molecule has 0 bridgehead atoms. The Bertz CT molecular complexity index is 5550. The van der Waals surface area contributed by atoms with Crippen molar-refractivity contribution in [2.45, 2.75) is 96.6 Å². The third-order valence-electron chi connectivity index (χ3n) is 17.1. The number of alkyl halides is 9. The van der Waals surface area contributed by atoms with Crippen molar-refractivity contribution in [3.05, 3.63) is 286 Å². The van der Waals surface area contributed by atoms with Gasteiger partial charge in [-0.2, -0.15) is 53.1 Å². The van der Waals surface area contributed by atoms with E-state index < -0.39 is 36.0 Å². The summed E-state index contributed by atoms with van der Waals surface area (Å²) < 4.78 is 153. The standard InChI is InChI=1S/2C26H23F3N6O.C25H20F4N6O/c1-17(18-8-3-2-4-9-18)14-30-15-19-10-7-11-20(31-19)16-36-24-22-13-6-5-12-21(22)23-32-33-25(26(27,28)29)35(23)34-24;1-17(14-18-8-3-2-4-9-18)30-15-19-10-7-11-20(31-19)16-36-24-22-13-6-5-12-21(22)23-32-33-25(26(27,28)29)35(23)34-24;26-17-10-8-16(9-11-17)12-13-30-14-18-4-3-5-19(31-18)15-36-23-21-7-2-1-6-20(21)22-32-33-24(25(27,28)29)35(22)34-23/h2*2-13,17,30H,14-16H2,1H3;1-11,30H,12-15H2. The molecule has 0 saturated heterocycles. The number of hydrogen-bond acceptors (Lipinski definition) is 18. The Morgan fingerprint density at radius 2 is 0.731 bits per heavy atom. The van der Waals surface area contributed by atoms with Crippen LogP contribution < -0.4 is 30.2 Å². The van der Waals surface area contributed by atoms with Gasteiger partial charge in [0.25, 0.3) is 17.5 Å². The van der Waals surface area contributed by atoms with Gasteiger partial charge in [0.1, 0.15) is 25.6 Å². The summed E-state index contributed by atoms with van der Waals surface area (Å²) in [6.45, 7) is 7.51. The van der Waals surface area contributed by atoms with Gasteiger partial charge in [0.05, 0.1) is 34.2 Å². The Hall–Kier alpha value is -12.2. The molecule has 15 aromatic rings. The van der Waals surface area contributed by atoms with Crippen LogP contribution in [0.1, 0.15) is 88.1 Å². The minimum Gasteiger partial charge on any atom is -0.470 e. The lowest BCUT2D eigenvalue weighted by atomic mass is 10.0. The van der Waals surface area contributed by atoms with E-state index in [2.05, 4.69) is 115 Å². The summed E-state index contributed by atoms with van der Waals surface area (Å²) in [7, 11) is 0. The fraction of sp³-hybridized carbons (Fsp3) is 0.221. The molecule has 31 heteroatoms. The lowest BCUT2D eigenvalue weighted by Crippen LogP contribution is -2.28. The zero-order valence-electron chi connectivity index (χ0n) is 57.6. The highest BCUT2D eigenvalue weighted by molar-refractivity contribution is 5.98. The van der Waals surface area contributed by atoms with Crippen molar-refractivity contribution in [3.8, 4) is 17.6 Å². The zero-order chi connectivity index (χ0) is 75.4. The van der Waals surface area contributed by atoms with Crippen LogP contribution in [0.3, 0.4) is 0 Å². The van der Waals surface area contributed by atoms with Crippen LogP contribution in [0.15, 0.2) is 212 Å². The molecule has 0 spiro atoms. The van der Waals surface area contributed by atoms with Crippen LogP contribution in [0, 0.1) is 5.82 Å². The first-order valence-corrected chi connectivity index (χ1v) is 34.0. The maximum absolute atomic E-state index is 13.4. The summed E-state index contributed by atoms with van der Waals surface area (Å²) in [6, 6.07) is 64.3. The fourth-order valence-corrected chi connectivity index (χ4v) is 11.8. The topological polar surface area (TPSA) is 232 Å². The van der Waals surface area contributed by atoms with Crippen LogP contribution in [0.5, 0.6) is 17.6 Å². The van der Waals surface area contributed by atoms with E-state index in [9.17, 15) is 43.9 Å². The molecule has 552 valence electrons. The summed E-state index contributed by atoms with van der Waals surface area (Å²) in [5, 5.41) is 46.3. The molecule has 0 saturated carbocycles. The van der Waals surface area contributed by atoms with Gasteiger partial charge in [-0.15, -0.1) is 45.9 Å². The highest BCUT2D eigenvalue weighted by atomic mass is 19.4. The second kappa shape index (κ2) is 33.1. The van der Waals surface area contributed by atoms with E-state index in [-0.39, 0.29) is 66.3 Å². The van der Waals surface area contributed by atoms with Gasteiger partial charge in [-0.25, -0.2) is 4.39 Å². The van der Waals surface area contributed by atoms with Gasteiger partial charge in [0.15, 0.2) is 16.9 Å². The average molecular weight is 1480 g/mol. The highest BCUT2D eigenvalue weighted by Crippen LogP contribution is 2.36. The fourth-order valence-electron chi connectivity index (χ4n) is 11.8. The van der Waals surface area contributed by atoms with Crippen molar-refractivity contribution in [3.63, 3.8) is 0 Å². The molecular weight excluding hydrogens is 1410 g/mol. The summed E-state index contributed by atoms with van der Waals surface area (Å²) in [5.41, 5.74) is 7.89. The van der Waals surface area contributed by atoms with E-state index in [0.717, 1.165) is 42.0 Å². The molecule has 2 unspecified atom stereocenters. The third-order valence-corrected chi connectivity index (χ3v) is 17.1. The van der Waals surface area contributed by atoms with Crippen LogP contribution in [0.4, 0.5) is 43.9 Å². The molecule has 0 fully saturated rings. The number of rotatable bonds is 24. The van der Waals surface area contributed by atoms with Crippen molar-refractivity contribution >= 4 is 49.3 Å². The molecule has 6 aromatic carbocycles. The second-order valence-corrected chi connectivity index (χ2v) is 25.0. The Labute approximate surface area is 609 Å². The van der Waals surface area contributed by atoms with Crippen LogP contribution in [-0.4, -0.2) is 93.5 Å². The Morgan fingerprint density at radius 1 is 0.370 bits per heavy atom. The molecule has 0 aliphatic heterocycles. The van der Waals surface area contributed by atoms with Crippen LogP contribution >= 0.6 is 0 Å². The first-order chi connectivity index (χ1) is 52.2. The number of nitrogens with one attached hydrogen (secondary N) is 3. The molecule has 9 heterocycles. The quantitative estimate of drug-likeness (QED) is 0.0377. The van der Waals surface area contributed by atoms with Gasteiger partial charge >= 0.3 is 18.5 Å². The first-order valence-electron chi connectivity index (χ1n) is 34.0. The molecule has 15 rings (SSSR count). The largest absolute Gasteiger partial charge is 0.470 e. The Kier molecular flexibility index (Phi) is 22.7. The number of halogens is 10. The van der Waals surface area contributed by atoms with Gasteiger partial charge in [0, 0.05) is 64.5 Å². The highest BCUT2D eigenvalue weighted by Gasteiger charge is 2.41. The Balaban J connectivity index is 0.000000143. The smallest absolute Gasteiger partial charge is 0.453 e. The first kappa shape index (κ1) is 74.1. The number of ether oxygens (including phenoxy) is 3. The molecule has 0 aliphatic carbocycles. The average Bonchev–Trinajstić information content (AvgIpc) is 1.59. The molecular formula is C77H66F10N18O3.